The number of nitrogens with two attached hydrogens (primary N) is 1. The first-order chi connectivity index (χ1) is 10.7. The molecule has 0 spiro atoms. The van der Waals surface area contributed by atoms with E-state index in [0.29, 0.717) is 6.04 Å². The van der Waals surface area contributed by atoms with E-state index in [1.807, 2.05) is 0 Å². The summed E-state index contributed by atoms with van der Waals surface area (Å²) in [5.74, 6) is 5.03. The van der Waals surface area contributed by atoms with Crippen LogP contribution >= 0.6 is 11.8 Å². The topological polar surface area (TPSA) is 26.0 Å². The Bertz CT molecular complexity index is 337. The Labute approximate surface area is 142 Å². The second kappa shape index (κ2) is 7.92. The van der Waals surface area contributed by atoms with Crippen molar-refractivity contribution < 1.29 is 0 Å². The summed E-state index contributed by atoms with van der Waals surface area (Å²) in [4.78, 5) is 0. The molecule has 2 N–H and O–H groups in total. The lowest BCUT2D eigenvalue weighted by Gasteiger charge is -2.53. The minimum absolute atomic E-state index is 0.388. The summed E-state index contributed by atoms with van der Waals surface area (Å²) in [5.41, 5.74) is 6.26. The van der Waals surface area contributed by atoms with E-state index in [4.69, 9.17) is 5.73 Å². The van der Waals surface area contributed by atoms with Gasteiger partial charge in [-0.3, -0.25) is 0 Å². The molecule has 22 heavy (non-hydrogen) atoms. The maximum atomic E-state index is 6.26. The van der Waals surface area contributed by atoms with E-state index in [1.54, 1.807) is 0 Å². The number of hydrogen-bond donors (Lipinski definition) is 1. The van der Waals surface area contributed by atoms with Gasteiger partial charge in [0.1, 0.15) is 0 Å². The predicted octanol–water partition coefficient (Wildman–Crippen LogP) is 5.48. The van der Waals surface area contributed by atoms with Crippen LogP contribution in [0.2, 0.25) is 0 Å². The zero-order chi connectivity index (χ0) is 15.5. The monoisotopic (exact) mass is 323 g/mol. The van der Waals surface area contributed by atoms with Crippen LogP contribution in [0.25, 0.3) is 0 Å². The fourth-order valence-electron chi connectivity index (χ4n) is 6.36. The summed E-state index contributed by atoms with van der Waals surface area (Å²) in [5, 5.41) is 0.925. The van der Waals surface area contributed by atoms with E-state index < -0.39 is 0 Å². The molecule has 3 aliphatic rings. The SMILES string of the molecule is CSC1CC(CC(C)N)C(C2CCCCC2)C2CCCCC12. The first kappa shape index (κ1) is 17.1. The van der Waals surface area contributed by atoms with E-state index in [9.17, 15) is 0 Å². The van der Waals surface area contributed by atoms with Gasteiger partial charge >= 0.3 is 0 Å². The quantitative estimate of drug-likeness (QED) is 0.741. The fraction of sp³-hybridized carbons (Fsp3) is 1.00. The minimum atomic E-state index is 0.388. The molecule has 0 aliphatic heterocycles. The highest BCUT2D eigenvalue weighted by atomic mass is 32.2. The van der Waals surface area contributed by atoms with Crippen LogP contribution in [-0.2, 0) is 0 Å². The molecule has 0 heterocycles. The number of rotatable bonds is 4. The molecule has 0 amide bonds. The lowest BCUT2D eigenvalue weighted by atomic mass is 9.55. The highest BCUT2D eigenvalue weighted by molar-refractivity contribution is 7.99. The molecule has 6 unspecified atom stereocenters. The zero-order valence-corrected chi connectivity index (χ0v) is 15.6. The van der Waals surface area contributed by atoms with Gasteiger partial charge in [-0.05, 0) is 68.5 Å². The van der Waals surface area contributed by atoms with Gasteiger partial charge in [0.2, 0.25) is 0 Å². The predicted molar refractivity (Wildman–Crippen MR) is 99.2 cm³/mol. The lowest BCUT2D eigenvalue weighted by molar-refractivity contribution is 0.00351. The average molecular weight is 324 g/mol. The van der Waals surface area contributed by atoms with Crippen LogP contribution in [0.4, 0.5) is 0 Å². The molecule has 1 nitrogen and oxygen atoms in total. The van der Waals surface area contributed by atoms with Crippen LogP contribution in [0.5, 0.6) is 0 Å². The van der Waals surface area contributed by atoms with Crippen LogP contribution in [0.1, 0.15) is 77.6 Å². The molecule has 0 radical (unpaired) electrons. The van der Waals surface area contributed by atoms with Crippen molar-refractivity contribution in [2.45, 2.75) is 88.8 Å². The van der Waals surface area contributed by atoms with Gasteiger partial charge in [-0.25, -0.2) is 0 Å². The van der Waals surface area contributed by atoms with Gasteiger partial charge in [-0.15, -0.1) is 0 Å². The molecule has 3 saturated carbocycles. The van der Waals surface area contributed by atoms with Crippen molar-refractivity contribution in [3.63, 3.8) is 0 Å². The Balaban J connectivity index is 1.81. The average Bonchev–Trinajstić information content (AvgIpc) is 2.54. The third-order valence-electron chi connectivity index (χ3n) is 7.10. The van der Waals surface area contributed by atoms with E-state index in [0.717, 1.165) is 34.8 Å². The lowest BCUT2D eigenvalue weighted by Crippen LogP contribution is -2.47. The van der Waals surface area contributed by atoms with Crippen molar-refractivity contribution in [1.29, 1.82) is 0 Å². The Morgan fingerprint density at radius 2 is 1.59 bits per heavy atom. The van der Waals surface area contributed by atoms with Crippen LogP contribution in [0, 0.1) is 29.6 Å². The van der Waals surface area contributed by atoms with Crippen LogP contribution in [0.3, 0.4) is 0 Å². The Morgan fingerprint density at radius 1 is 0.955 bits per heavy atom. The van der Waals surface area contributed by atoms with Gasteiger partial charge in [0.05, 0.1) is 0 Å². The maximum Gasteiger partial charge on any atom is 0.00780 e. The molecule has 2 heteroatoms. The highest BCUT2D eigenvalue weighted by Gasteiger charge is 2.47. The highest BCUT2D eigenvalue weighted by Crippen LogP contribution is 2.55. The third-order valence-corrected chi connectivity index (χ3v) is 8.25. The number of thioether (sulfide) groups is 1. The molecule has 128 valence electrons. The van der Waals surface area contributed by atoms with Gasteiger partial charge in [0.15, 0.2) is 0 Å². The summed E-state index contributed by atoms with van der Waals surface area (Å²) in [7, 11) is 0. The van der Waals surface area contributed by atoms with Gasteiger partial charge in [-0.1, -0.05) is 44.9 Å². The van der Waals surface area contributed by atoms with Gasteiger partial charge in [0.25, 0.3) is 0 Å². The molecule has 6 atom stereocenters. The molecular formula is C20H37NS. The van der Waals surface area contributed by atoms with E-state index >= 15 is 0 Å². The molecular weight excluding hydrogens is 286 g/mol. The minimum Gasteiger partial charge on any atom is -0.328 e. The number of fused-ring (bicyclic) bond motifs is 1. The zero-order valence-electron chi connectivity index (χ0n) is 14.8. The van der Waals surface area contributed by atoms with E-state index in [1.165, 1.54) is 70.6 Å². The van der Waals surface area contributed by atoms with Crippen molar-refractivity contribution in [1.82, 2.24) is 0 Å². The third kappa shape index (κ3) is 3.69. The first-order valence-electron chi connectivity index (χ1n) is 9.99. The smallest absolute Gasteiger partial charge is 0.00780 e. The first-order valence-corrected chi connectivity index (χ1v) is 11.3. The van der Waals surface area contributed by atoms with Gasteiger partial charge in [0, 0.05) is 11.3 Å². The van der Waals surface area contributed by atoms with Crippen molar-refractivity contribution >= 4 is 11.8 Å². The van der Waals surface area contributed by atoms with Gasteiger partial charge in [-0.2, -0.15) is 11.8 Å². The molecule has 0 bridgehead atoms. The van der Waals surface area contributed by atoms with Crippen molar-refractivity contribution in [2.24, 2.45) is 35.3 Å². The fourth-order valence-corrected chi connectivity index (χ4v) is 7.49. The number of hydrogen-bond acceptors (Lipinski definition) is 2. The Kier molecular flexibility index (Phi) is 6.17. The molecule has 3 aliphatic carbocycles. The normalized spacial score (nSPS) is 41.9. The van der Waals surface area contributed by atoms with Crippen molar-refractivity contribution in [2.75, 3.05) is 6.26 Å². The van der Waals surface area contributed by atoms with E-state index in [-0.39, 0.29) is 0 Å². The molecule has 3 fully saturated rings. The molecule has 0 aromatic heterocycles. The molecule has 0 aromatic rings. The van der Waals surface area contributed by atoms with Gasteiger partial charge < -0.3 is 5.73 Å². The summed E-state index contributed by atoms with van der Waals surface area (Å²) >= 11 is 2.17. The van der Waals surface area contributed by atoms with E-state index in [2.05, 4.69) is 24.9 Å². The second-order valence-electron chi connectivity index (χ2n) is 8.57. The van der Waals surface area contributed by atoms with Crippen molar-refractivity contribution in [3.8, 4) is 0 Å². The van der Waals surface area contributed by atoms with Crippen molar-refractivity contribution in [3.05, 3.63) is 0 Å². The summed E-state index contributed by atoms with van der Waals surface area (Å²) in [6.07, 6.45) is 18.7. The standard InChI is InChI=1S/C20H37NS/c1-14(21)12-16-13-19(22-2)17-10-6-7-11-18(17)20(16)15-8-4-3-5-9-15/h14-20H,3-13,21H2,1-2H3. The summed E-state index contributed by atoms with van der Waals surface area (Å²) in [6, 6.07) is 0.388. The molecule has 0 aromatic carbocycles. The van der Waals surface area contributed by atoms with Crippen LogP contribution in [0.15, 0.2) is 0 Å². The summed E-state index contributed by atoms with van der Waals surface area (Å²) < 4.78 is 0. The summed E-state index contributed by atoms with van der Waals surface area (Å²) in [6.45, 7) is 2.24. The molecule has 0 saturated heterocycles. The maximum absolute atomic E-state index is 6.26. The molecule has 3 rings (SSSR count). The van der Waals surface area contributed by atoms with Crippen LogP contribution in [-0.4, -0.2) is 17.5 Å². The second-order valence-corrected chi connectivity index (χ2v) is 9.65. The largest absolute Gasteiger partial charge is 0.328 e. The Morgan fingerprint density at radius 3 is 2.23 bits per heavy atom. The Hall–Kier alpha value is 0.310. The van der Waals surface area contributed by atoms with Crippen LogP contribution < -0.4 is 5.73 Å².